The number of unbranched alkanes of at least 4 members (excludes halogenated alkanes) is 2. The van der Waals surface area contributed by atoms with Crippen molar-refractivity contribution in [1.29, 1.82) is 0 Å². The van der Waals surface area contributed by atoms with E-state index >= 15 is 0 Å². The van der Waals surface area contributed by atoms with Crippen molar-refractivity contribution in [3.8, 4) is 0 Å². The summed E-state index contributed by atoms with van der Waals surface area (Å²) >= 11 is 0. The first-order valence-electron chi connectivity index (χ1n) is 5.23. The average molecular weight is 260 g/mol. The molecule has 0 aromatic heterocycles. The molecule has 0 aliphatic rings. The number of halogens is 1. The minimum Gasteiger partial charge on any atom is -0.324 e. The number of rotatable bonds is 8. The van der Waals surface area contributed by atoms with Crippen molar-refractivity contribution in [2.45, 2.75) is 45.6 Å². The van der Waals surface area contributed by atoms with Crippen LogP contribution in [0.3, 0.4) is 0 Å². The van der Waals surface area contributed by atoms with E-state index in [1.807, 2.05) is 0 Å². The lowest BCUT2D eigenvalue weighted by molar-refractivity contribution is 0.370. The van der Waals surface area contributed by atoms with Crippen LogP contribution in [0, 0.1) is 0 Å². The lowest BCUT2D eigenvalue weighted by Crippen LogP contribution is -2.28. The van der Waals surface area contributed by atoms with Crippen molar-refractivity contribution < 1.29 is 14.4 Å². The van der Waals surface area contributed by atoms with Gasteiger partial charge in [0.15, 0.2) is 0 Å². The minimum atomic E-state index is -3.82. The van der Waals surface area contributed by atoms with E-state index in [0.29, 0.717) is 12.6 Å². The second-order valence-electron chi connectivity index (χ2n) is 3.74. The molecular weight excluding hydrogens is 237 g/mol. The summed E-state index contributed by atoms with van der Waals surface area (Å²) in [6.07, 6.45) is 4.63. The van der Waals surface area contributed by atoms with Gasteiger partial charge in [0.05, 0.1) is 6.16 Å². The third kappa shape index (κ3) is 14.4. The van der Waals surface area contributed by atoms with Crippen LogP contribution in [0.1, 0.15) is 39.5 Å². The molecule has 1 unspecified atom stereocenters. The molecule has 15 heavy (non-hydrogen) atoms. The molecule has 94 valence electrons. The summed E-state index contributed by atoms with van der Waals surface area (Å²) in [6.45, 7) is 4.61. The largest absolute Gasteiger partial charge is 0.326 e. The van der Waals surface area contributed by atoms with Gasteiger partial charge in [-0.25, -0.2) is 0 Å². The maximum atomic E-state index is 10.5. The Morgan fingerprint density at radius 2 is 1.93 bits per heavy atom. The zero-order valence-electron chi connectivity index (χ0n) is 9.48. The highest BCUT2D eigenvalue weighted by Crippen LogP contribution is 2.32. The van der Waals surface area contributed by atoms with Gasteiger partial charge in [0, 0.05) is 12.6 Å². The molecule has 3 N–H and O–H groups in total. The summed E-state index contributed by atoms with van der Waals surface area (Å²) < 4.78 is 10.5. The summed E-state index contributed by atoms with van der Waals surface area (Å²) in [5.74, 6) is 0. The third-order valence-corrected chi connectivity index (χ3v) is 2.94. The molecule has 0 aromatic rings. The van der Waals surface area contributed by atoms with Gasteiger partial charge in [-0.1, -0.05) is 26.2 Å². The Kier molecular flexibility index (Phi) is 11.4. The fourth-order valence-corrected chi connectivity index (χ4v) is 1.68. The molecule has 1 atom stereocenters. The highest BCUT2D eigenvalue weighted by molar-refractivity contribution is 7.51. The molecule has 0 aromatic carbocycles. The Balaban J connectivity index is 0. The molecule has 4 nitrogen and oxygen atoms in total. The van der Waals surface area contributed by atoms with Crippen molar-refractivity contribution in [1.82, 2.24) is 5.32 Å². The number of hydrogen-bond donors (Lipinski definition) is 3. The second kappa shape index (κ2) is 9.61. The van der Waals surface area contributed by atoms with Crippen LogP contribution in [0.5, 0.6) is 0 Å². The average Bonchev–Trinajstić information content (AvgIpc) is 2.02. The third-order valence-electron chi connectivity index (χ3n) is 2.14. The minimum absolute atomic E-state index is 0. The van der Waals surface area contributed by atoms with Gasteiger partial charge in [-0.15, -0.1) is 12.4 Å². The van der Waals surface area contributed by atoms with Gasteiger partial charge in [-0.2, -0.15) is 0 Å². The molecule has 0 amide bonds. The van der Waals surface area contributed by atoms with Crippen LogP contribution in [0.2, 0.25) is 0 Å². The first-order chi connectivity index (χ1) is 6.45. The van der Waals surface area contributed by atoms with E-state index in [0.717, 1.165) is 6.42 Å². The molecule has 0 saturated carbocycles. The molecule has 0 saturated heterocycles. The van der Waals surface area contributed by atoms with Crippen LogP contribution in [-0.2, 0) is 4.57 Å². The Morgan fingerprint density at radius 3 is 2.40 bits per heavy atom. The molecule has 0 fully saturated rings. The van der Waals surface area contributed by atoms with Crippen molar-refractivity contribution in [3.63, 3.8) is 0 Å². The van der Waals surface area contributed by atoms with Crippen molar-refractivity contribution in [2.24, 2.45) is 0 Å². The molecule has 0 heterocycles. The van der Waals surface area contributed by atoms with Gasteiger partial charge >= 0.3 is 7.60 Å². The Hall–Kier alpha value is 0.400. The van der Waals surface area contributed by atoms with Crippen LogP contribution in [0.15, 0.2) is 0 Å². The van der Waals surface area contributed by atoms with Crippen LogP contribution < -0.4 is 5.32 Å². The van der Waals surface area contributed by atoms with Gasteiger partial charge in [-0.05, 0) is 13.3 Å². The van der Waals surface area contributed by atoms with Gasteiger partial charge < -0.3 is 15.1 Å². The molecule has 6 heteroatoms. The smallest absolute Gasteiger partial charge is 0.324 e. The normalized spacial score (nSPS) is 13.3. The molecule has 0 aliphatic carbocycles. The summed E-state index contributed by atoms with van der Waals surface area (Å²) in [4.78, 5) is 17.2. The quantitative estimate of drug-likeness (QED) is 0.461. The van der Waals surface area contributed by atoms with E-state index in [1.165, 1.54) is 19.3 Å². The van der Waals surface area contributed by atoms with E-state index in [1.54, 1.807) is 0 Å². The number of hydrogen-bond acceptors (Lipinski definition) is 2. The lowest BCUT2D eigenvalue weighted by atomic mass is 10.1. The van der Waals surface area contributed by atoms with Gasteiger partial charge in [0.2, 0.25) is 0 Å². The molecular formula is C9H23ClNO3P. The van der Waals surface area contributed by atoms with Gasteiger partial charge in [0.25, 0.3) is 0 Å². The summed E-state index contributed by atoms with van der Waals surface area (Å²) in [6, 6.07) is 0.355. The van der Waals surface area contributed by atoms with E-state index in [2.05, 4.69) is 19.2 Å². The summed E-state index contributed by atoms with van der Waals surface area (Å²) in [5.41, 5.74) is 0. The summed E-state index contributed by atoms with van der Waals surface area (Å²) in [5, 5.41) is 3.11. The zero-order chi connectivity index (χ0) is 11.0. The molecule has 0 spiro atoms. The zero-order valence-corrected chi connectivity index (χ0v) is 11.2. The fourth-order valence-electron chi connectivity index (χ4n) is 1.26. The van der Waals surface area contributed by atoms with Crippen molar-refractivity contribution >= 4 is 20.0 Å². The molecule has 0 aliphatic heterocycles. The van der Waals surface area contributed by atoms with Crippen LogP contribution in [0.4, 0.5) is 0 Å². The Morgan fingerprint density at radius 1 is 1.33 bits per heavy atom. The Labute approximate surface area is 98.4 Å². The maximum Gasteiger partial charge on any atom is 0.326 e. The van der Waals surface area contributed by atoms with Crippen molar-refractivity contribution in [2.75, 3.05) is 12.7 Å². The van der Waals surface area contributed by atoms with Crippen LogP contribution >= 0.6 is 20.0 Å². The highest BCUT2D eigenvalue weighted by Gasteiger charge is 2.12. The second-order valence-corrected chi connectivity index (χ2v) is 5.52. The fraction of sp³-hybridized carbons (Fsp3) is 1.00. The van der Waals surface area contributed by atoms with E-state index in [4.69, 9.17) is 9.79 Å². The predicted octanol–water partition coefficient (Wildman–Crippen LogP) is 2.14. The molecule has 0 rings (SSSR count). The van der Waals surface area contributed by atoms with E-state index in [-0.39, 0.29) is 18.6 Å². The lowest BCUT2D eigenvalue weighted by Gasteiger charge is -2.13. The Bertz CT molecular complexity index is 186. The monoisotopic (exact) mass is 259 g/mol. The van der Waals surface area contributed by atoms with Gasteiger partial charge in [-0.3, -0.25) is 4.57 Å². The topological polar surface area (TPSA) is 69.6 Å². The summed E-state index contributed by atoms with van der Waals surface area (Å²) in [7, 11) is -3.82. The molecule has 0 radical (unpaired) electrons. The standard InChI is InChI=1S/C9H22NO3P.ClH/c1-3-4-5-6-9(2)10-7-8-14(11,12)13;/h9-10H,3-8H2,1-2H3,(H2,11,12,13);1H. The van der Waals surface area contributed by atoms with Gasteiger partial charge in [0.1, 0.15) is 0 Å². The predicted molar refractivity (Wildman–Crippen MR) is 65.8 cm³/mol. The van der Waals surface area contributed by atoms with Crippen molar-refractivity contribution in [3.05, 3.63) is 0 Å². The first kappa shape index (κ1) is 17.8. The highest BCUT2D eigenvalue weighted by atomic mass is 35.5. The maximum absolute atomic E-state index is 10.5. The molecule has 0 bridgehead atoms. The van der Waals surface area contributed by atoms with Crippen LogP contribution in [0.25, 0.3) is 0 Å². The SMILES string of the molecule is CCCCCC(C)NCCP(=O)(O)O.Cl. The van der Waals surface area contributed by atoms with E-state index in [9.17, 15) is 4.57 Å². The number of nitrogens with one attached hydrogen (secondary N) is 1. The van der Waals surface area contributed by atoms with Crippen LogP contribution in [-0.4, -0.2) is 28.5 Å². The van der Waals surface area contributed by atoms with E-state index < -0.39 is 7.60 Å². The first-order valence-corrected chi connectivity index (χ1v) is 7.03.